The third kappa shape index (κ3) is 2.49. The van der Waals surface area contributed by atoms with E-state index in [2.05, 4.69) is 41.6 Å². The molecule has 0 aliphatic rings. The second-order valence-electron chi connectivity index (χ2n) is 4.01. The molecule has 0 radical (unpaired) electrons. The minimum absolute atomic E-state index is 1.01. The van der Waals surface area contributed by atoms with Crippen LogP contribution >= 0.6 is 15.9 Å². The van der Waals surface area contributed by atoms with Gasteiger partial charge in [-0.25, -0.2) is 0 Å². The van der Waals surface area contributed by atoms with Gasteiger partial charge in [0.2, 0.25) is 0 Å². The number of aryl methyl sites for hydroxylation is 1. The summed E-state index contributed by atoms with van der Waals surface area (Å²) in [5, 5.41) is 2.22. The molecule has 3 heteroatoms. The quantitative estimate of drug-likeness (QED) is 0.591. The predicted octanol–water partition coefficient (Wildman–Crippen LogP) is 2.76. The molecule has 1 aromatic rings. The van der Waals surface area contributed by atoms with Gasteiger partial charge in [0.05, 0.1) is 11.6 Å². The summed E-state index contributed by atoms with van der Waals surface area (Å²) in [5.41, 5.74) is 1.31. The number of hydrogen-bond donors (Lipinski definition) is 0. The first-order valence-electron chi connectivity index (χ1n) is 4.18. The van der Waals surface area contributed by atoms with Crippen LogP contribution in [0.15, 0.2) is 16.7 Å². The highest BCUT2D eigenvalue weighted by Crippen LogP contribution is 2.07. The number of alkyl halides is 1. The Morgan fingerprint density at radius 3 is 2.50 bits per heavy atom. The molecule has 0 unspecified atom stereocenters. The van der Waals surface area contributed by atoms with Crippen molar-refractivity contribution in [1.29, 1.82) is 0 Å². The monoisotopic (exact) mass is 246 g/mol. The van der Waals surface area contributed by atoms with Crippen LogP contribution in [-0.4, -0.2) is 13.4 Å². The van der Waals surface area contributed by atoms with Crippen LogP contribution in [0.1, 0.15) is 5.56 Å². The lowest BCUT2D eigenvalue weighted by Crippen LogP contribution is -2.36. The maximum absolute atomic E-state index is 5.52. The average Bonchev–Trinajstić information content (AvgIpc) is 2.35. The van der Waals surface area contributed by atoms with Gasteiger partial charge in [-0.1, -0.05) is 35.6 Å². The Labute approximate surface area is 83.3 Å². The lowest BCUT2D eigenvalue weighted by molar-refractivity contribution is 0.594. The summed E-state index contributed by atoms with van der Waals surface area (Å²) < 4.78 is 5.52. The van der Waals surface area contributed by atoms with E-state index in [9.17, 15) is 0 Å². The van der Waals surface area contributed by atoms with Crippen LogP contribution in [0, 0.1) is 0 Å². The number of halogens is 1. The highest BCUT2D eigenvalue weighted by molar-refractivity contribution is 9.09. The Kier molecular flexibility index (Phi) is 3.18. The molecule has 0 aliphatic carbocycles. The molecule has 0 saturated carbocycles. The first-order chi connectivity index (χ1) is 5.54. The van der Waals surface area contributed by atoms with Crippen molar-refractivity contribution in [2.24, 2.45) is 0 Å². The Morgan fingerprint density at radius 2 is 2.08 bits per heavy atom. The second-order valence-corrected chi connectivity index (χ2v) is 9.79. The van der Waals surface area contributed by atoms with Crippen LogP contribution in [0.25, 0.3) is 0 Å². The van der Waals surface area contributed by atoms with Crippen LogP contribution in [0.5, 0.6) is 0 Å². The number of rotatable bonds is 3. The van der Waals surface area contributed by atoms with E-state index in [4.69, 9.17) is 4.42 Å². The number of hydrogen-bond acceptors (Lipinski definition) is 1. The van der Waals surface area contributed by atoms with Gasteiger partial charge in [0.1, 0.15) is 8.07 Å². The molecular weight excluding hydrogens is 232 g/mol. The molecule has 1 rings (SSSR count). The highest BCUT2D eigenvalue weighted by atomic mass is 79.9. The maximum Gasteiger partial charge on any atom is 0.123 e. The van der Waals surface area contributed by atoms with Crippen molar-refractivity contribution in [1.82, 2.24) is 0 Å². The summed E-state index contributed by atoms with van der Waals surface area (Å²) >= 11 is 3.42. The van der Waals surface area contributed by atoms with Gasteiger partial charge in [-0.05, 0) is 18.1 Å². The molecule has 1 heterocycles. The largest absolute Gasteiger partial charge is 0.474 e. The van der Waals surface area contributed by atoms with Crippen LogP contribution in [-0.2, 0) is 6.42 Å². The van der Waals surface area contributed by atoms with Gasteiger partial charge in [-0.2, -0.15) is 0 Å². The molecule has 0 bridgehead atoms. The second kappa shape index (κ2) is 3.79. The van der Waals surface area contributed by atoms with Gasteiger partial charge >= 0.3 is 0 Å². The fraction of sp³-hybridized carbons (Fsp3) is 0.556. The third-order valence-electron chi connectivity index (χ3n) is 1.78. The molecule has 0 aromatic carbocycles. The van der Waals surface area contributed by atoms with Gasteiger partial charge in [-0.15, -0.1) is 0 Å². The molecule has 0 aliphatic heterocycles. The van der Waals surface area contributed by atoms with E-state index in [1.54, 1.807) is 0 Å². The Bertz CT molecular complexity index is 249. The Morgan fingerprint density at radius 1 is 1.42 bits per heavy atom. The van der Waals surface area contributed by atoms with Crippen molar-refractivity contribution in [3.63, 3.8) is 0 Å². The van der Waals surface area contributed by atoms with Crippen molar-refractivity contribution >= 4 is 29.4 Å². The van der Waals surface area contributed by atoms with Crippen LogP contribution in [0.4, 0.5) is 0 Å². The van der Waals surface area contributed by atoms with Crippen molar-refractivity contribution in [3.8, 4) is 0 Å². The summed E-state index contributed by atoms with van der Waals surface area (Å²) in [4.78, 5) is 0. The molecular formula is C9H15BrOSi. The highest BCUT2D eigenvalue weighted by Gasteiger charge is 2.20. The Hall–Kier alpha value is -0.0231. The van der Waals surface area contributed by atoms with Gasteiger partial charge in [0.15, 0.2) is 0 Å². The van der Waals surface area contributed by atoms with E-state index >= 15 is 0 Å². The Balaban J connectivity index is 2.77. The molecule has 0 atom stereocenters. The predicted molar refractivity (Wildman–Crippen MR) is 59.2 cm³/mol. The summed E-state index contributed by atoms with van der Waals surface area (Å²) in [6, 6.07) is 2.20. The zero-order valence-electron chi connectivity index (χ0n) is 7.86. The lowest BCUT2D eigenvalue weighted by atomic mass is 10.3. The SMILES string of the molecule is C[Si](C)(C)c1cc(CCBr)co1. The standard InChI is InChI=1S/C9H15BrOSi/c1-12(2,3)9-6-8(4-5-10)7-11-9/h6-7H,4-5H2,1-3H3. The maximum atomic E-state index is 5.52. The van der Waals surface area contributed by atoms with Crippen molar-refractivity contribution in [2.75, 3.05) is 5.33 Å². The summed E-state index contributed by atoms with van der Waals surface area (Å²) in [6.45, 7) is 6.89. The number of furan rings is 1. The van der Waals surface area contributed by atoms with E-state index in [-0.39, 0.29) is 0 Å². The average molecular weight is 247 g/mol. The van der Waals surface area contributed by atoms with Crippen LogP contribution < -0.4 is 5.38 Å². The van der Waals surface area contributed by atoms with E-state index in [0.717, 1.165) is 11.8 Å². The minimum Gasteiger partial charge on any atom is -0.474 e. The molecule has 0 amide bonds. The molecule has 0 fully saturated rings. The van der Waals surface area contributed by atoms with Crippen molar-refractivity contribution < 1.29 is 4.42 Å². The lowest BCUT2D eigenvalue weighted by Gasteiger charge is -2.10. The zero-order valence-corrected chi connectivity index (χ0v) is 10.4. The van der Waals surface area contributed by atoms with Crippen LogP contribution in [0.3, 0.4) is 0 Å². The summed E-state index contributed by atoms with van der Waals surface area (Å²) in [7, 11) is -1.22. The fourth-order valence-electron chi connectivity index (χ4n) is 1.01. The van der Waals surface area contributed by atoms with E-state index in [1.165, 1.54) is 10.9 Å². The van der Waals surface area contributed by atoms with E-state index in [1.807, 2.05) is 6.26 Å². The summed E-state index contributed by atoms with van der Waals surface area (Å²) in [6.07, 6.45) is 2.95. The normalized spacial score (nSPS) is 12.0. The molecule has 0 saturated heterocycles. The molecule has 0 N–H and O–H groups in total. The zero-order chi connectivity index (χ0) is 9.19. The van der Waals surface area contributed by atoms with Gasteiger partial charge < -0.3 is 4.42 Å². The first-order valence-corrected chi connectivity index (χ1v) is 8.80. The third-order valence-corrected chi connectivity index (χ3v) is 3.91. The smallest absolute Gasteiger partial charge is 0.123 e. The minimum atomic E-state index is -1.22. The van der Waals surface area contributed by atoms with Crippen LogP contribution in [0.2, 0.25) is 19.6 Å². The summed E-state index contributed by atoms with van der Waals surface area (Å²) in [5.74, 6) is 0. The molecule has 0 spiro atoms. The molecule has 12 heavy (non-hydrogen) atoms. The van der Waals surface area contributed by atoms with Gasteiger partial charge in [0, 0.05) is 5.33 Å². The topological polar surface area (TPSA) is 13.1 Å². The van der Waals surface area contributed by atoms with Gasteiger partial charge in [-0.3, -0.25) is 0 Å². The fourth-order valence-corrected chi connectivity index (χ4v) is 2.50. The van der Waals surface area contributed by atoms with E-state index < -0.39 is 8.07 Å². The molecule has 1 nitrogen and oxygen atoms in total. The molecule has 1 aromatic heterocycles. The first kappa shape index (κ1) is 10.1. The molecule has 68 valence electrons. The van der Waals surface area contributed by atoms with Crippen molar-refractivity contribution in [3.05, 3.63) is 17.9 Å². The van der Waals surface area contributed by atoms with Gasteiger partial charge in [0.25, 0.3) is 0 Å². The van der Waals surface area contributed by atoms with Crippen molar-refractivity contribution in [2.45, 2.75) is 26.1 Å². The van der Waals surface area contributed by atoms with E-state index in [0.29, 0.717) is 0 Å².